The number of hydrogen-bond donors (Lipinski definition) is 3. The van der Waals surface area contributed by atoms with Crippen molar-refractivity contribution in [2.24, 2.45) is 0 Å². The quantitative estimate of drug-likeness (QED) is 0.535. The average molecular weight is 441 g/mol. The van der Waals surface area contributed by atoms with Crippen LogP contribution in [0.2, 0.25) is 0 Å². The molecule has 0 aliphatic rings. The molecule has 0 saturated carbocycles. The summed E-state index contributed by atoms with van der Waals surface area (Å²) in [6, 6.07) is 14.5. The van der Waals surface area contributed by atoms with Gasteiger partial charge in [-0.3, -0.25) is 9.52 Å². The SMILES string of the molecule is CC(C)(C)c1cc(CCc2ccc(NS(C)(=O)=O)cc2)c(O)c(-c2ccc[nH]c2=O)c1. The third kappa shape index (κ3) is 5.76. The number of H-pyrrole nitrogens is 1. The summed E-state index contributed by atoms with van der Waals surface area (Å²) >= 11 is 0. The number of aryl methyl sites for hydroxylation is 2. The number of benzene rings is 2. The summed E-state index contributed by atoms with van der Waals surface area (Å²) in [5, 5.41) is 11.0. The summed E-state index contributed by atoms with van der Waals surface area (Å²) in [5.74, 6) is 0.111. The van der Waals surface area contributed by atoms with Crippen LogP contribution >= 0.6 is 0 Å². The Labute approximate surface area is 183 Å². The van der Waals surface area contributed by atoms with Gasteiger partial charge in [0.05, 0.1) is 11.8 Å². The van der Waals surface area contributed by atoms with Gasteiger partial charge in [-0.1, -0.05) is 39.0 Å². The van der Waals surface area contributed by atoms with E-state index in [1.165, 1.54) is 0 Å². The van der Waals surface area contributed by atoms with E-state index < -0.39 is 10.0 Å². The van der Waals surface area contributed by atoms with Gasteiger partial charge in [-0.25, -0.2) is 8.42 Å². The standard InChI is InChI=1S/C24H28N2O4S/c1-24(2,3)18-14-17(22(27)21(15-18)20-6-5-13-25-23(20)28)10-7-16-8-11-19(12-9-16)26-31(4,29)30/h5-6,8-9,11-15,26-27H,7,10H2,1-4H3,(H,25,28). The van der Waals surface area contributed by atoms with Gasteiger partial charge in [-0.2, -0.15) is 0 Å². The van der Waals surface area contributed by atoms with Crippen LogP contribution in [0.4, 0.5) is 5.69 Å². The van der Waals surface area contributed by atoms with Crippen molar-refractivity contribution in [3.63, 3.8) is 0 Å². The molecule has 0 amide bonds. The molecule has 31 heavy (non-hydrogen) atoms. The summed E-state index contributed by atoms with van der Waals surface area (Å²) in [5.41, 5.74) is 3.88. The smallest absolute Gasteiger partial charge is 0.255 e. The second-order valence-electron chi connectivity index (χ2n) is 8.77. The van der Waals surface area contributed by atoms with Crippen molar-refractivity contribution in [1.82, 2.24) is 4.98 Å². The summed E-state index contributed by atoms with van der Waals surface area (Å²) < 4.78 is 25.2. The zero-order chi connectivity index (χ0) is 22.8. The van der Waals surface area contributed by atoms with E-state index in [1.54, 1.807) is 30.5 Å². The number of pyridine rings is 1. The Balaban J connectivity index is 1.93. The highest BCUT2D eigenvalue weighted by atomic mass is 32.2. The number of hydrogen-bond acceptors (Lipinski definition) is 4. The second kappa shape index (κ2) is 8.59. The molecule has 0 aliphatic heterocycles. The predicted octanol–water partition coefficient (Wildman–Crippen LogP) is 4.20. The van der Waals surface area contributed by atoms with Gasteiger partial charge in [0.15, 0.2) is 0 Å². The van der Waals surface area contributed by atoms with E-state index in [2.05, 4.69) is 30.5 Å². The Morgan fingerprint density at radius 2 is 1.68 bits per heavy atom. The van der Waals surface area contributed by atoms with E-state index in [-0.39, 0.29) is 16.7 Å². The van der Waals surface area contributed by atoms with Crippen LogP contribution in [0.15, 0.2) is 59.5 Å². The molecule has 3 rings (SSSR count). The minimum Gasteiger partial charge on any atom is -0.507 e. The summed E-state index contributed by atoms with van der Waals surface area (Å²) in [6.45, 7) is 6.28. The first kappa shape index (κ1) is 22.6. The Morgan fingerprint density at radius 3 is 2.26 bits per heavy atom. The van der Waals surface area contributed by atoms with E-state index in [0.29, 0.717) is 29.7 Å². The summed E-state index contributed by atoms with van der Waals surface area (Å²) in [7, 11) is -3.32. The molecule has 1 aromatic heterocycles. The van der Waals surface area contributed by atoms with E-state index >= 15 is 0 Å². The fourth-order valence-corrected chi connectivity index (χ4v) is 3.95. The van der Waals surface area contributed by atoms with Gasteiger partial charge >= 0.3 is 0 Å². The maximum absolute atomic E-state index is 12.3. The first-order chi connectivity index (χ1) is 14.4. The normalized spacial score (nSPS) is 12.0. The Kier molecular flexibility index (Phi) is 6.27. The molecule has 2 aromatic carbocycles. The van der Waals surface area contributed by atoms with E-state index in [4.69, 9.17) is 0 Å². The number of anilines is 1. The van der Waals surface area contributed by atoms with Crippen molar-refractivity contribution in [1.29, 1.82) is 0 Å². The molecule has 0 spiro atoms. The monoisotopic (exact) mass is 440 g/mol. The van der Waals surface area contributed by atoms with Crippen molar-refractivity contribution < 1.29 is 13.5 Å². The summed E-state index contributed by atoms with van der Waals surface area (Å²) in [6.07, 6.45) is 3.91. The Bertz CT molecular complexity index is 1240. The average Bonchev–Trinajstić information content (AvgIpc) is 2.67. The molecule has 1 heterocycles. The van der Waals surface area contributed by atoms with Crippen molar-refractivity contribution in [2.45, 2.75) is 39.0 Å². The van der Waals surface area contributed by atoms with Gasteiger partial charge < -0.3 is 10.1 Å². The van der Waals surface area contributed by atoms with Crippen LogP contribution in [-0.2, 0) is 28.3 Å². The van der Waals surface area contributed by atoms with Crippen LogP contribution in [0, 0.1) is 0 Å². The zero-order valence-corrected chi connectivity index (χ0v) is 19.0. The molecule has 0 bridgehead atoms. The van der Waals surface area contributed by atoms with Gasteiger partial charge in [-0.05, 0) is 65.3 Å². The van der Waals surface area contributed by atoms with Crippen molar-refractivity contribution in [3.05, 3.63) is 81.8 Å². The number of aromatic nitrogens is 1. The lowest BCUT2D eigenvalue weighted by Crippen LogP contribution is -2.14. The highest BCUT2D eigenvalue weighted by Gasteiger charge is 2.20. The lowest BCUT2D eigenvalue weighted by molar-refractivity contribution is 0.468. The minimum absolute atomic E-state index is 0.111. The van der Waals surface area contributed by atoms with Gasteiger partial charge in [0.1, 0.15) is 5.75 Å². The van der Waals surface area contributed by atoms with Gasteiger partial charge in [-0.15, -0.1) is 0 Å². The number of phenolic OH excluding ortho intramolecular Hbond substituents is 1. The largest absolute Gasteiger partial charge is 0.507 e. The lowest BCUT2D eigenvalue weighted by Gasteiger charge is -2.22. The number of aromatic amines is 1. The molecular weight excluding hydrogens is 412 g/mol. The number of phenols is 1. The second-order valence-corrected chi connectivity index (χ2v) is 10.5. The molecule has 0 atom stereocenters. The third-order valence-corrected chi connectivity index (χ3v) is 5.71. The van der Waals surface area contributed by atoms with Crippen LogP contribution in [0.1, 0.15) is 37.5 Å². The maximum Gasteiger partial charge on any atom is 0.255 e. The number of aromatic hydroxyl groups is 1. The molecule has 0 fully saturated rings. The highest BCUT2D eigenvalue weighted by Crippen LogP contribution is 2.36. The van der Waals surface area contributed by atoms with Crippen LogP contribution in [0.25, 0.3) is 11.1 Å². The zero-order valence-electron chi connectivity index (χ0n) is 18.2. The molecule has 6 nitrogen and oxygen atoms in total. The highest BCUT2D eigenvalue weighted by molar-refractivity contribution is 7.92. The number of rotatable bonds is 6. The van der Waals surface area contributed by atoms with Crippen LogP contribution < -0.4 is 10.3 Å². The topological polar surface area (TPSA) is 99.3 Å². The van der Waals surface area contributed by atoms with Crippen molar-refractivity contribution in [2.75, 3.05) is 11.0 Å². The molecule has 3 aromatic rings. The predicted molar refractivity (Wildman–Crippen MR) is 125 cm³/mol. The molecule has 0 aliphatic carbocycles. The molecule has 0 radical (unpaired) electrons. The maximum atomic E-state index is 12.3. The Hall–Kier alpha value is -3.06. The van der Waals surface area contributed by atoms with Gasteiger partial charge in [0, 0.05) is 17.4 Å². The van der Waals surface area contributed by atoms with Crippen LogP contribution in [-0.4, -0.2) is 24.8 Å². The first-order valence-electron chi connectivity index (χ1n) is 10.1. The third-order valence-electron chi connectivity index (χ3n) is 5.10. The molecule has 7 heteroatoms. The summed E-state index contributed by atoms with van der Waals surface area (Å²) in [4.78, 5) is 15.0. The van der Waals surface area contributed by atoms with E-state index in [1.807, 2.05) is 24.3 Å². The van der Waals surface area contributed by atoms with Crippen LogP contribution in [0.5, 0.6) is 5.75 Å². The minimum atomic E-state index is -3.32. The lowest BCUT2D eigenvalue weighted by atomic mass is 9.83. The first-order valence-corrected chi connectivity index (χ1v) is 11.9. The molecule has 3 N–H and O–H groups in total. The number of nitrogens with one attached hydrogen (secondary N) is 2. The van der Waals surface area contributed by atoms with E-state index in [9.17, 15) is 18.3 Å². The van der Waals surface area contributed by atoms with E-state index in [0.717, 1.165) is 22.9 Å². The fourth-order valence-electron chi connectivity index (χ4n) is 3.39. The van der Waals surface area contributed by atoms with Gasteiger partial charge in [0.2, 0.25) is 10.0 Å². The Morgan fingerprint density at radius 1 is 1.00 bits per heavy atom. The van der Waals surface area contributed by atoms with Crippen molar-refractivity contribution in [3.8, 4) is 16.9 Å². The molecule has 164 valence electrons. The number of sulfonamides is 1. The van der Waals surface area contributed by atoms with Gasteiger partial charge in [0.25, 0.3) is 5.56 Å². The molecule has 0 saturated heterocycles. The molecule has 0 unspecified atom stereocenters. The van der Waals surface area contributed by atoms with Crippen LogP contribution in [0.3, 0.4) is 0 Å². The molecular formula is C24H28N2O4S. The fraction of sp³-hybridized carbons (Fsp3) is 0.292. The van der Waals surface area contributed by atoms with Crippen molar-refractivity contribution >= 4 is 15.7 Å².